The molecule has 0 unspecified atom stereocenters. The summed E-state index contributed by atoms with van der Waals surface area (Å²) in [4.78, 5) is 19.6. The number of rotatable bonds is 1. The molecule has 2 aromatic heterocycles. The molecule has 0 atom stereocenters. The third kappa shape index (κ3) is 1.93. The minimum atomic E-state index is -0.0342. The van der Waals surface area contributed by atoms with Crippen LogP contribution in [0.4, 0.5) is 0 Å². The number of hydrogen-bond acceptors (Lipinski definition) is 3. The van der Waals surface area contributed by atoms with E-state index in [-0.39, 0.29) is 5.56 Å². The predicted octanol–water partition coefficient (Wildman–Crippen LogP) is 1.15. The third-order valence-corrected chi connectivity index (χ3v) is 2.22. The van der Waals surface area contributed by atoms with Crippen LogP contribution in [0.25, 0.3) is 11.1 Å². The van der Waals surface area contributed by atoms with Gasteiger partial charge in [-0.1, -0.05) is 0 Å². The Morgan fingerprint density at radius 3 is 2.47 bits per heavy atom. The Bertz CT molecular complexity index is 528. The first-order valence-electron chi connectivity index (χ1n) is 4.62. The summed E-state index contributed by atoms with van der Waals surface area (Å²) >= 11 is 0. The van der Waals surface area contributed by atoms with Crippen molar-refractivity contribution in [3.05, 3.63) is 46.9 Å². The molecule has 15 heavy (non-hydrogen) atoms. The zero-order valence-electron chi connectivity index (χ0n) is 8.64. The van der Waals surface area contributed by atoms with Gasteiger partial charge in [-0.05, 0) is 18.6 Å². The Labute approximate surface area is 87.2 Å². The van der Waals surface area contributed by atoms with Gasteiger partial charge in [0.2, 0.25) is 0 Å². The van der Waals surface area contributed by atoms with Crippen LogP contribution in [0.15, 0.2) is 35.5 Å². The Balaban J connectivity index is 2.50. The molecule has 0 aliphatic heterocycles. The molecule has 0 saturated heterocycles. The van der Waals surface area contributed by atoms with Gasteiger partial charge in [0.1, 0.15) is 5.82 Å². The van der Waals surface area contributed by atoms with Crippen molar-refractivity contribution < 1.29 is 0 Å². The summed E-state index contributed by atoms with van der Waals surface area (Å²) in [6.07, 6.45) is 5.17. The molecule has 0 spiro atoms. The second-order valence-corrected chi connectivity index (χ2v) is 3.38. The van der Waals surface area contributed by atoms with Gasteiger partial charge in [-0.15, -0.1) is 0 Å². The molecule has 2 aromatic rings. The lowest BCUT2D eigenvalue weighted by atomic mass is 10.1. The number of aromatic nitrogens is 3. The van der Waals surface area contributed by atoms with E-state index in [1.807, 2.05) is 13.0 Å². The number of pyridine rings is 1. The van der Waals surface area contributed by atoms with Crippen LogP contribution in [0, 0.1) is 6.92 Å². The molecule has 76 valence electrons. The highest BCUT2D eigenvalue weighted by molar-refractivity contribution is 5.60. The molecule has 2 rings (SSSR count). The van der Waals surface area contributed by atoms with E-state index in [1.54, 1.807) is 31.7 Å². The third-order valence-electron chi connectivity index (χ3n) is 2.22. The van der Waals surface area contributed by atoms with Gasteiger partial charge in [-0.3, -0.25) is 4.79 Å². The van der Waals surface area contributed by atoms with Gasteiger partial charge >= 0.3 is 0 Å². The van der Waals surface area contributed by atoms with Gasteiger partial charge in [-0.25, -0.2) is 9.97 Å². The summed E-state index contributed by atoms with van der Waals surface area (Å²) in [6.45, 7) is 1.83. The van der Waals surface area contributed by atoms with Crippen molar-refractivity contribution in [2.24, 2.45) is 7.05 Å². The van der Waals surface area contributed by atoms with Crippen molar-refractivity contribution in [1.82, 2.24) is 14.5 Å². The van der Waals surface area contributed by atoms with Crippen LogP contribution in [-0.2, 0) is 7.05 Å². The molecule has 0 aliphatic carbocycles. The lowest BCUT2D eigenvalue weighted by Gasteiger charge is -2.01. The molecule has 0 aliphatic rings. The second-order valence-electron chi connectivity index (χ2n) is 3.38. The van der Waals surface area contributed by atoms with Crippen LogP contribution in [0.2, 0.25) is 0 Å². The lowest BCUT2D eigenvalue weighted by Crippen LogP contribution is -2.14. The Morgan fingerprint density at radius 1 is 1.20 bits per heavy atom. The number of aryl methyl sites for hydroxylation is 2. The van der Waals surface area contributed by atoms with E-state index in [1.165, 1.54) is 4.57 Å². The Hall–Kier alpha value is -1.97. The van der Waals surface area contributed by atoms with Crippen LogP contribution in [0.1, 0.15) is 5.82 Å². The fourth-order valence-corrected chi connectivity index (χ4v) is 1.27. The van der Waals surface area contributed by atoms with Crippen LogP contribution in [-0.4, -0.2) is 14.5 Å². The monoisotopic (exact) mass is 201 g/mol. The molecule has 0 fully saturated rings. The molecule has 4 nitrogen and oxygen atoms in total. The summed E-state index contributed by atoms with van der Waals surface area (Å²) in [6, 6.07) is 3.45. The van der Waals surface area contributed by atoms with Gasteiger partial charge in [0.05, 0.1) is 0 Å². The Morgan fingerprint density at radius 2 is 1.87 bits per heavy atom. The minimum absolute atomic E-state index is 0.0342. The zero-order valence-corrected chi connectivity index (χ0v) is 8.64. The SMILES string of the molecule is Cc1ncc(-c2ccn(C)c(=O)c2)cn1. The molecular weight excluding hydrogens is 190 g/mol. The summed E-state index contributed by atoms with van der Waals surface area (Å²) in [5, 5.41) is 0. The van der Waals surface area contributed by atoms with Crippen molar-refractivity contribution in [3.63, 3.8) is 0 Å². The maximum atomic E-state index is 11.4. The van der Waals surface area contributed by atoms with E-state index >= 15 is 0 Å². The molecule has 0 aromatic carbocycles. The molecule has 0 radical (unpaired) electrons. The van der Waals surface area contributed by atoms with E-state index in [0.717, 1.165) is 17.0 Å². The standard InChI is InChI=1S/C11H11N3O/c1-8-12-6-10(7-13-8)9-3-4-14(2)11(15)5-9/h3-7H,1-2H3. The molecule has 4 heteroatoms. The van der Waals surface area contributed by atoms with Crippen LogP contribution >= 0.6 is 0 Å². The highest BCUT2D eigenvalue weighted by Gasteiger charge is 2.00. The van der Waals surface area contributed by atoms with E-state index in [9.17, 15) is 4.79 Å². The average Bonchev–Trinajstić information content (AvgIpc) is 2.23. The predicted molar refractivity (Wildman–Crippen MR) is 57.4 cm³/mol. The topological polar surface area (TPSA) is 47.8 Å². The van der Waals surface area contributed by atoms with Crippen molar-refractivity contribution in [2.75, 3.05) is 0 Å². The zero-order chi connectivity index (χ0) is 10.8. The van der Waals surface area contributed by atoms with E-state index in [4.69, 9.17) is 0 Å². The highest BCUT2D eigenvalue weighted by Crippen LogP contribution is 2.14. The molecule has 0 bridgehead atoms. The van der Waals surface area contributed by atoms with Gasteiger partial charge in [0.15, 0.2) is 0 Å². The number of hydrogen-bond donors (Lipinski definition) is 0. The van der Waals surface area contributed by atoms with Gasteiger partial charge in [0, 0.05) is 37.3 Å². The van der Waals surface area contributed by atoms with Crippen LogP contribution in [0.5, 0.6) is 0 Å². The van der Waals surface area contributed by atoms with Crippen LogP contribution in [0.3, 0.4) is 0 Å². The van der Waals surface area contributed by atoms with Crippen molar-refractivity contribution in [3.8, 4) is 11.1 Å². The first-order valence-corrected chi connectivity index (χ1v) is 4.62. The first-order chi connectivity index (χ1) is 7.16. The quantitative estimate of drug-likeness (QED) is 0.695. The smallest absolute Gasteiger partial charge is 0.250 e. The fraction of sp³-hybridized carbons (Fsp3) is 0.182. The molecule has 0 amide bonds. The summed E-state index contributed by atoms with van der Waals surface area (Å²) in [7, 11) is 1.72. The fourth-order valence-electron chi connectivity index (χ4n) is 1.27. The van der Waals surface area contributed by atoms with Crippen molar-refractivity contribution in [1.29, 1.82) is 0 Å². The first kappa shape index (κ1) is 9.58. The maximum absolute atomic E-state index is 11.4. The van der Waals surface area contributed by atoms with Gasteiger partial charge in [0.25, 0.3) is 5.56 Å². The van der Waals surface area contributed by atoms with E-state index in [2.05, 4.69) is 9.97 Å². The molecule has 0 N–H and O–H groups in total. The summed E-state index contributed by atoms with van der Waals surface area (Å²) in [5.41, 5.74) is 1.67. The minimum Gasteiger partial charge on any atom is -0.319 e. The number of nitrogens with zero attached hydrogens (tertiary/aromatic N) is 3. The summed E-state index contributed by atoms with van der Waals surface area (Å²) in [5.74, 6) is 0.725. The normalized spacial score (nSPS) is 10.3. The summed E-state index contributed by atoms with van der Waals surface area (Å²) < 4.78 is 1.53. The van der Waals surface area contributed by atoms with Gasteiger partial charge in [-0.2, -0.15) is 0 Å². The molecule has 0 saturated carbocycles. The lowest BCUT2D eigenvalue weighted by molar-refractivity contribution is 0.861. The molecule has 2 heterocycles. The maximum Gasteiger partial charge on any atom is 0.250 e. The largest absolute Gasteiger partial charge is 0.319 e. The van der Waals surface area contributed by atoms with Crippen LogP contribution < -0.4 is 5.56 Å². The highest BCUT2D eigenvalue weighted by atomic mass is 16.1. The Kier molecular flexibility index (Phi) is 2.33. The van der Waals surface area contributed by atoms with Crippen molar-refractivity contribution in [2.45, 2.75) is 6.92 Å². The van der Waals surface area contributed by atoms with E-state index < -0.39 is 0 Å². The average molecular weight is 201 g/mol. The van der Waals surface area contributed by atoms with E-state index in [0.29, 0.717) is 0 Å². The van der Waals surface area contributed by atoms with Crippen molar-refractivity contribution >= 4 is 0 Å². The second kappa shape index (κ2) is 3.65. The van der Waals surface area contributed by atoms with Gasteiger partial charge < -0.3 is 4.57 Å². The molecular formula is C11H11N3O.